The zero-order valence-corrected chi connectivity index (χ0v) is 16.6. The lowest BCUT2D eigenvalue weighted by atomic mass is 10.2. The van der Waals surface area contributed by atoms with Crippen molar-refractivity contribution in [2.45, 2.75) is 0 Å². The van der Waals surface area contributed by atoms with E-state index in [-0.39, 0.29) is 24.8 Å². The van der Waals surface area contributed by atoms with Crippen molar-refractivity contribution < 1.29 is 17.6 Å². The zero-order valence-electron chi connectivity index (χ0n) is 15.8. The van der Waals surface area contributed by atoms with Gasteiger partial charge < -0.3 is 14.8 Å². The highest BCUT2D eigenvalue weighted by molar-refractivity contribution is 7.86. The van der Waals surface area contributed by atoms with Crippen LogP contribution in [0.25, 0.3) is 10.9 Å². The molecule has 1 aromatic carbocycles. The van der Waals surface area contributed by atoms with E-state index < -0.39 is 10.2 Å². The number of halogens is 1. The Hall–Kier alpha value is -2.01. The summed E-state index contributed by atoms with van der Waals surface area (Å²) in [4.78, 5) is 19.5. The van der Waals surface area contributed by atoms with Crippen LogP contribution in [0.5, 0.6) is 0 Å². The van der Waals surface area contributed by atoms with Crippen molar-refractivity contribution in [1.82, 2.24) is 23.4 Å². The molecule has 0 atom stereocenters. The van der Waals surface area contributed by atoms with Gasteiger partial charge in [-0.2, -0.15) is 17.0 Å². The summed E-state index contributed by atoms with van der Waals surface area (Å²) in [5.41, 5.74) is 1.08. The number of piperazine rings is 2. The number of hydrogen-bond acceptors (Lipinski definition) is 4. The lowest BCUT2D eigenvalue weighted by Gasteiger charge is -2.39. The van der Waals surface area contributed by atoms with E-state index in [0.717, 1.165) is 13.1 Å². The zero-order chi connectivity index (χ0) is 19.9. The summed E-state index contributed by atoms with van der Waals surface area (Å²) >= 11 is 0. The van der Waals surface area contributed by atoms with Crippen LogP contribution in [0, 0.1) is 5.82 Å². The largest absolute Gasteiger partial charge is 0.351 e. The predicted molar refractivity (Wildman–Crippen MR) is 104 cm³/mol. The van der Waals surface area contributed by atoms with Crippen LogP contribution in [0.2, 0.25) is 0 Å². The van der Waals surface area contributed by atoms with Gasteiger partial charge in [0.25, 0.3) is 16.1 Å². The van der Waals surface area contributed by atoms with Crippen LogP contribution in [0.4, 0.5) is 4.39 Å². The average molecular weight is 409 g/mol. The molecule has 1 N–H and O–H groups in total. The maximum absolute atomic E-state index is 13.4. The van der Waals surface area contributed by atoms with Gasteiger partial charge >= 0.3 is 0 Å². The number of hydrogen-bond donors (Lipinski definition) is 1. The van der Waals surface area contributed by atoms with Crippen molar-refractivity contribution in [3.63, 3.8) is 0 Å². The number of fused-ring (bicyclic) bond motifs is 1. The summed E-state index contributed by atoms with van der Waals surface area (Å²) < 4.78 is 42.0. The minimum atomic E-state index is -3.50. The third kappa shape index (κ3) is 3.64. The van der Waals surface area contributed by atoms with Gasteiger partial charge in [-0.15, -0.1) is 0 Å². The molecule has 2 fully saturated rings. The maximum atomic E-state index is 13.4. The van der Waals surface area contributed by atoms with Gasteiger partial charge in [0.15, 0.2) is 0 Å². The summed E-state index contributed by atoms with van der Waals surface area (Å²) in [6.45, 7) is 3.63. The summed E-state index contributed by atoms with van der Waals surface area (Å²) in [6.07, 6.45) is 0. The minimum Gasteiger partial charge on any atom is -0.351 e. The molecule has 0 saturated carbocycles. The summed E-state index contributed by atoms with van der Waals surface area (Å²) in [6, 6.07) is 5.95. The Morgan fingerprint density at radius 3 is 2.21 bits per heavy atom. The van der Waals surface area contributed by atoms with Gasteiger partial charge in [0.05, 0.1) is 0 Å². The molecule has 2 aliphatic heterocycles. The third-order valence-corrected chi connectivity index (χ3v) is 7.49. The molecule has 2 saturated heterocycles. The highest BCUT2D eigenvalue weighted by Gasteiger charge is 2.35. The van der Waals surface area contributed by atoms with Gasteiger partial charge in [-0.1, -0.05) is 0 Å². The molecule has 0 spiro atoms. The second-order valence-electron chi connectivity index (χ2n) is 7.32. The number of nitrogens with one attached hydrogen (secondary N) is 1. The van der Waals surface area contributed by atoms with Gasteiger partial charge in [-0.05, 0) is 31.3 Å². The Labute approximate surface area is 163 Å². The Bertz CT molecular complexity index is 976. The molecule has 0 radical (unpaired) electrons. The molecular formula is C18H24FN5O3S. The van der Waals surface area contributed by atoms with E-state index in [4.69, 9.17) is 0 Å². The van der Waals surface area contributed by atoms with Gasteiger partial charge in [0, 0.05) is 63.3 Å². The van der Waals surface area contributed by atoms with Crippen LogP contribution in [0.3, 0.4) is 0 Å². The smallest absolute Gasteiger partial charge is 0.282 e. The number of rotatable bonds is 3. The van der Waals surface area contributed by atoms with Gasteiger partial charge in [-0.25, -0.2) is 4.39 Å². The highest BCUT2D eigenvalue weighted by atomic mass is 32.2. The molecule has 10 heteroatoms. The molecule has 0 aliphatic carbocycles. The first kappa shape index (κ1) is 19.3. The fourth-order valence-electron chi connectivity index (χ4n) is 3.69. The van der Waals surface area contributed by atoms with Crippen LogP contribution >= 0.6 is 0 Å². The SMILES string of the molecule is CN1CCN(S(=O)(=O)N2CCN(C(=O)c3cc4cc(F)ccc4[nH]3)CC2)CC1. The highest BCUT2D eigenvalue weighted by Crippen LogP contribution is 2.20. The molecule has 0 unspecified atom stereocenters. The standard InChI is InChI=1S/C18H24FN5O3S/c1-21-4-8-23(9-5-21)28(26,27)24-10-6-22(7-11-24)18(25)17-13-14-12-15(19)2-3-16(14)20-17/h2-3,12-13,20H,4-11H2,1H3. The second-order valence-corrected chi connectivity index (χ2v) is 9.24. The molecular weight excluding hydrogens is 385 g/mol. The quantitative estimate of drug-likeness (QED) is 0.803. The molecule has 8 nitrogen and oxygen atoms in total. The molecule has 2 aromatic rings. The number of likely N-dealkylation sites (N-methyl/N-ethyl adjacent to an activating group) is 1. The fourth-order valence-corrected chi connectivity index (χ4v) is 5.27. The second kappa shape index (κ2) is 7.43. The number of benzene rings is 1. The Kier molecular flexibility index (Phi) is 5.13. The van der Waals surface area contributed by atoms with Crippen molar-refractivity contribution in [3.8, 4) is 0 Å². The third-order valence-electron chi connectivity index (χ3n) is 5.45. The van der Waals surface area contributed by atoms with Crippen molar-refractivity contribution in [2.75, 3.05) is 59.4 Å². The monoisotopic (exact) mass is 409 g/mol. The first-order valence-corrected chi connectivity index (χ1v) is 10.8. The van der Waals surface area contributed by atoms with E-state index >= 15 is 0 Å². The van der Waals surface area contributed by atoms with E-state index in [1.807, 2.05) is 7.05 Å². The van der Waals surface area contributed by atoms with Crippen molar-refractivity contribution in [3.05, 3.63) is 35.8 Å². The molecule has 28 heavy (non-hydrogen) atoms. The predicted octanol–water partition coefficient (Wildman–Crippen LogP) is 0.557. The van der Waals surface area contributed by atoms with Crippen LogP contribution in [0.15, 0.2) is 24.3 Å². The molecule has 152 valence electrons. The van der Waals surface area contributed by atoms with E-state index in [0.29, 0.717) is 42.8 Å². The molecule has 1 aromatic heterocycles. The number of H-pyrrole nitrogens is 1. The fraction of sp³-hybridized carbons (Fsp3) is 0.500. The van der Waals surface area contributed by atoms with Crippen LogP contribution in [-0.2, 0) is 10.2 Å². The normalized spacial score (nSPS) is 20.7. The number of aromatic nitrogens is 1. The van der Waals surface area contributed by atoms with Crippen molar-refractivity contribution in [1.29, 1.82) is 0 Å². The van der Waals surface area contributed by atoms with Gasteiger partial charge in [0.1, 0.15) is 11.5 Å². The molecule has 1 amide bonds. The van der Waals surface area contributed by atoms with Gasteiger partial charge in [0.2, 0.25) is 0 Å². The average Bonchev–Trinajstić information content (AvgIpc) is 3.11. The molecule has 3 heterocycles. The minimum absolute atomic E-state index is 0.201. The molecule has 2 aliphatic rings. The van der Waals surface area contributed by atoms with E-state index in [1.54, 1.807) is 17.0 Å². The van der Waals surface area contributed by atoms with E-state index in [1.165, 1.54) is 20.7 Å². The maximum Gasteiger partial charge on any atom is 0.282 e. The Morgan fingerprint density at radius 2 is 1.57 bits per heavy atom. The first-order chi connectivity index (χ1) is 13.3. The Balaban J connectivity index is 1.41. The molecule has 0 bridgehead atoms. The molecule has 4 rings (SSSR count). The summed E-state index contributed by atoms with van der Waals surface area (Å²) in [5.74, 6) is -0.554. The number of carbonyl (C=O) groups excluding carboxylic acids is 1. The van der Waals surface area contributed by atoms with Gasteiger partial charge in [-0.3, -0.25) is 4.79 Å². The number of carbonyl (C=O) groups is 1. The lowest BCUT2D eigenvalue weighted by molar-refractivity contribution is 0.0687. The first-order valence-electron chi connectivity index (χ1n) is 9.36. The Morgan fingerprint density at radius 1 is 0.964 bits per heavy atom. The topological polar surface area (TPSA) is 80.0 Å². The van der Waals surface area contributed by atoms with E-state index in [2.05, 4.69) is 9.88 Å². The van der Waals surface area contributed by atoms with Crippen LogP contribution < -0.4 is 0 Å². The van der Waals surface area contributed by atoms with Crippen LogP contribution in [0.1, 0.15) is 10.5 Å². The summed E-state index contributed by atoms with van der Waals surface area (Å²) in [5, 5.41) is 0.639. The number of aromatic amines is 1. The number of amides is 1. The number of nitrogens with zero attached hydrogens (tertiary/aromatic N) is 4. The van der Waals surface area contributed by atoms with Crippen molar-refractivity contribution >= 4 is 27.0 Å². The lowest BCUT2D eigenvalue weighted by Crippen LogP contribution is -2.57. The van der Waals surface area contributed by atoms with Crippen molar-refractivity contribution in [2.24, 2.45) is 0 Å². The summed E-state index contributed by atoms with van der Waals surface area (Å²) in [7, 11) is -1.52. The van der Waals surface area contributed by atoms with Crippen LogP contribution in [-0.4, -0.2) is 97.1 Å². The van der Waals surface area contributed by atoms with E-state index in [9.17, 15) is 17.6 Å².